The Kier molecular flexibility index (Phi) is 4.97. The third-order valence-corrected chi connectivity index (χ3v) is 3.93. The minimum Gasteiger partial charge on any atom is -0.345 e. The third-order valence-electron chi connectivity index (χ3n) is 3.93. The fourth-order valence-electron chi connectivity index (χ4n) is 2.36. The van der Waals surface area contributed by atoms with E-state index in [2.05, 4.69) is 36.9 Å². The predicted molar refractivity (Wildman–Crippen MR) is 87.6 cm³/mol. The van der Waals surface area contributed by atoms with E-state index < -0.39 is 0 Å². The number of benzene rings is 2. The smallest absolute Gasteiger partial charge is 0.123 e. The van der Waals surface area contributed by atoms with Crippen molar-refractivity contribution >= 4 is 11.4 Å². The van der Waals surface area contributed by atoms with Gasteiger partial charge in [-0.1, -0.05) is 13.0 Å². The lowest BCUT2D eigenvalue weighted by Gasteiger charge is -2.21. The van der Waals surface area contributed by atoms with Crippen LogP contribution in [0.5, 0.6) is 0 Å². The monoisotopic (exact) mass is 286 g/mol. The van der Waals surface area contributed by atoms with Gasteiger partial charge in [-0.2, -0.15) is 0 Å². The first kappa shape index (κ1) is 15.5. The van der Waals surface area contributed by atoms with Crippen LogP contribution in [-0.2, 0) is 6.42 Å². The predicted octanol–water partition coefficient (Wildman–Crippen LogP) is 4.18. The maximum absolute atomic E-state index is 13.0. The van der Waals surface area contributed by atoms with Crippen LogP contribution in [0.4, 0.5) is 15.8 Å². The summed E-state index contributed by atoms with van der Waals surface area (Å²) in [5.41, 5.74) is 10.6. The normalized spacial score (nSPS) is 12.2. The summed E-state index contributed by atoms with van der Waals surface area (Å²) in [4.78, 5) is 2.05. The third kappa shape index (κ3) is 3.82. The molecule has 0 fully saturated rings. The van der Waals surface area contributed by atoms with Gasteiger partial charge in [-0.3, -0.25) is 0 Å². The van der Waals surface area contributed by atoms with Crippen LogP contribution in [0.15, 0.2) is 42.5 Å². The van der Waals surface area contributed by atoms with Gasteiger partial charge in [0.25, 0.3) is 0 Å². The number of nitrogens with zero attached hydrogens (tertiary/aromatic N) is 1. The van der Waals surface area contributed by atoms with Gasteiger partial charge >= 0.3 is 0 Å². The SMILES string of the molecule is CCC(N)Cc1ccc(N(C)c2ccc(F)cc2)cc1C. The topological polar surface area (TPSA) is 29.3 Å². The Morgan fingerprint density at radius 1 is 1.10 bits per heavy atom. The molecule has 1 atom stereocenters. The summed E-state index contributed by atoms with van der Waals surface area (Å²) in [7, 11) is 1.99. The lowest BCUT2D eigenvalue weighted by Crippen LogP contribution is -2.22. The summed E-state index contributed by atoms with van der Waals surface area (Å²) >= 11 is 0. The highest BCUT2D eigenvalue weighted by Gasteiger charge is 2.08. The zero-order valence-electron chi connectivity index (χ0n) is 12.9. The molecule has 2 aromatic rings. The average Bonchev–Trinajstić information content (AvgIpc) is 2.49. The minimum atomic E-state index is -0.216. The first-order valence-corrected chi connectivity index (χ1v) is 7.35. The van der Waals surface area contributed by atoms with Crippen molar-refractivity contribution in [2.24, 2.45) is 5.73 Å². The summed E-state index contributed by atoms with van der Waals surface area (Å²) in [6.07, 6.45) is 1.89. The van der Waals surface area contributed by atoms with Gasteiger partial charge in [-0.05, 0) is 67.3 Å². The van der Waals surface area contributed by atoms with E-state index in [-0.39, 0.29) is 11.9 Å². The second kappa shape index (κ2) is 6.72. The zero-order valence-corrected chi connectivity index (χ0v) is 12.9. The molecule has 0 spiro atoms. The molecule has 2 nitrogen and oxygen atoms in total. The molecule has 21 heavy (non-hydrogen) atoms. The van der Waals surface area contributed by atoms with Crippen molar-refractivity contribution in [1.82, 2.24) is 0 Å². The quantitative estimate of drug-likeness (QED) is 0.893. The molecule has 0 heterocycles. The van der Waals surface area contributed by atoms with Gasteiger partial charge in [0.2, 0.25) is 0 Å². The van der Waals surface area contributed by atoms with Crippen molar-refractivity contribution in [3.63, 3.8) is 0 Å². The molecule has 1 unspecified atom stereocenters. The van der Waals surface area contributed by atoms with Gasteiger partial charge in [0, 0.05) is 24.5 Å². The van der Waals surface area contributed by atoms with E-state index in [0.717, 1.165) is 24.2 Å². The molecule has 0 aliphatic heterocycles. The van der Waals surface area contributed by atoms with Crippen LogP contribution in [0, 0.1) is 12.7 Å². The number of anilines is 2. The van der Waals surface area contributed by atoms with Crippen molar-refractivity contribution < 1.29 is 4.39 Å². The molecule has 0 saturated carbocycles. The van der Waals surface area contributed by atoms with E-state index in [1.165, 1.54) is 23.3 Å². The molecule has 0 aromatic heterocycles. The molecule has 0 radical (unpaired) electrons. The summed E-state index contributed by atoms with van der Waals surface area (Å²) in [5.74, 6) is -0.216. The van der Waals surface area contributed by atoms with Crippen molar-refractivity contribution in [2.75, 3.05) is 11.9 Å². The Labute approximate surface area is 126 Å². The van der Waals surface area contributed by atoms with Crippen molar-refractivity contribution in [1.29, 1.82) is 0 Å². The average molecular weight is 286 g/mol. The Hall–Kier alpha value is -1.87. The van der Waals surface area contributed by atoms with E-state index in [1.807, 2.05) is 7.05 Å². The fraction of sp³-hybridized carbons (Fsp3) is 0.333. The Balaban J connectivity index is 2.21. The second-order valence-electron chi connectivity index (χ2n) is 5.52. The van der Waals surface area contributed by atoms with Crippen LogP contribution in [0.2, 0.25) is 0 Å². The van der Waals surface area contributed by atoms with Crippen molar-refractivity contribution in [3.8, 4) is 0 Å². The molecule has 2 aromatic carbocycles. The minimum absolute atomic E-state index is 0.212. The molecule has 2 N–H and O–H groups in total. The summed E-state index contributed by atoms with van der Waals surface area (Å²) in [6, 6.07) is 13.1. The summed E-state index contributed by atoms with van der Waals surface area (Å²) < 4.78 is 13.0. The van der Waals surface area contributed by atoms with Crippen LogP contribution >= 0.6 is 0 Å². The van der Waals surface area contributed by atoms with Crippen LogP contribution in [0.25, 0.3) is 0 Å². The molecular weight excluding hydrogens is 263 g/mol. The summed E-state index contributed by atoms with van der Waals surface area (Å²) in [5, 5.41) is 0. The van der Waals surface area contributed by atoms with E-state index in [1.54, 1.807) is 12.1 Å². The lowest BCUT2D eigenvalue weighted by molar-refractivity contribution is 0.628. The van der Waals surface area contributed by atoms with Crippen molar-refractivity contribution in [2.45, 2.75) is 32.7 Å². The Morgan fingerprint density at radius 2 is 1.71 bits per heavy atom. The van der Waals surface area contributed by atoms with E-state index >= 15 is 0 Å². The first-order chi connectivity index (χ1) is 10.0. The number of rotatable bonds is 5. The van der Waals surface area contributed by atoms with E-state index in [4.69, 9.17) is 5.73 Å². The van der Waals surface area contributed by atoms with Gasteiger partial charge in [-0.15, -0.1) is 0 Å². The van der Waals surface area contributed by atoms with Crippen LogP contribution in [0.1, 0.15) is 24.5 Å². The van der Waals surface area contributed by atoms with E-state index in [9.17, 15) is 4.39 Å². The van der Waals surface area contributed by atoms with E-state index in [0.29, 0.717) is 0 Å². The van der Waals surface area contributed by atoms with Gasteiger partial charge in [0.1, 0.15) is 5.82 Å². The van der Waals surface area contributed by atoms with Crippen molar-refractivity contribution in [3.05, 3.63) is 59.4 Å². The molecule has 112 valence electrons. The fourth-order valence-corrected chi connectivity index (χ4v) is 2.36. The van der Waals surface area contributed by atoms with Gasteiger partial charge in [-0.25, -0.2) is 4.39 Å². The number of aryl methyl sites for hydroxylation is 1. The second-order valence-corrected chi connectivity index (χ2v) is 5.52. The number of halogens is 1. The maximum atomic E-state index is 13.0. The number of hydrogen-bond donors (Lipinski definition) is 1. The standard InChI is InChI=1S/C18H23FN2/c1-4-16(20)12-14-5-8-18(11-13(14)2)21(3)17-9-6-15(19)7-10-17/h5-11,16H,4,12,20H2,1-3H3. The zero-order chi connectivity index (χ0) is 15.4. The Morgan fingerprint density at radius 3 is 2.29 bits per heavy atom. The number of hydrogen-bond acceptors (Lipinski definition) is 2. The lowest BCUT2D eigenvalue weighted by atomic mass is 9.99. The van der Waals surface area contributed by atoms with Crippen LogP contribution in [0.3, 0.4) is 0 Å². The molecule has 0 aliphatic rings. The first-order valence-electron chi connectivity index (χ1n) is 7.35. The molecule has 0 amide bonds. The molecule has 2 rings (SSSR count). The van der Waals surface area contributed by atoms with Crippen LogP contribution < -0.4 is 10.6 Å². The van der Waals surface area contributed by atoms with Crippen LogP contribution in [-0.4, -0.2) is 13.1 Å². The Bertz CT molecular complexity index is 593. The molecule has 0 aliphatic carbocycles. The maximum Gasteiger partial charge on any atom is 0.123 e. The molecular formula is C18H23FN2. The summed E-state index contributed by atoms with van der Waals surface area (Å²) in [6.45, 7) is 4.22. The highest BCUT2D eigenvalue weighted by atomic mass is 19.1. The number of nitrogens with two attached hydrogens (primary N) is 1. The molecule has 0 saturated heterocycles. The highest BCUT2D eigenvalue weighted by molar-refractivity contribution is 5.63. The van der Waals surface area contributed by atoms with Gasteiger partial charge in [0.05, 0.1) is 0 Å². The molecule has 3 heteroatoms. The highest BCUT2D eigenvalue weighted by Crippen LogP contribution is 2.26. The largest absolute Gasteiger partial charge is 0.345 e. The van der Waals surface area contributed by atoms with Gasteiger partial charge < -0.3 is 10.6 Å². The molecule has 0 bridgehead atoms. The van der Waals surface area contributed by atoms with Gasteiger partial charge in [0.15, 0.2) is 0 Å².